The monoisotopic (exact) mass is 243 g/mol. The third kappa shape index (κ3) is 5.17. The van der Waals surface area contributed by atoms with Gasteiger partial charge in [0, 0.05) is 12.6 Å². The number of amides is 2. The van der Waals surface area contributed by atoms with Crippen molar-refractivity contribution < 1.29 is 9.59 Å². The van der Waals surface area contributed by atoms with E-state index < -0.39 is 5.54 Å². The van der Waals surface area contributed by atoms with Crippen LogP contribution in [0.15, 0.2) is 0 Å². The standard InChI is InChI=1S/C12H25N3O2/c1-7-15(8-10(16)14-9(2)3)11(17)12(4,5)13-6/h9,13H,7-8H2,1-6H3,(H,14,16). The quantitative estimate of drug-likeness (QED) is 0.708. The highest BCUT2D eigenvalue weighted by Crippen LogP contribution is 2.07. The smallest absolute Gasteiger partial charge is 0.242 e. The second-order valence-corrected chi connectivity index (χ2v) is 4.92. The minimum absolute atomic E-state index is 0.0681. The molecule has 0 aromatic rings. The Hall–Kier alpha value is -1.10. The third-order valence-corrected chi connectivity index (χ3v) is 2.61. The molecule has 0 aromatic heterocycles. The number of nitrogens with zero attached hydrogens (tertiary/aromatic N) is 1. The molecule has 0 bridgehead atoms. The van der Waals surface area contributed by atoms with Gasteiger partial charge in [-0.05, 0) is 41.7 Å². The van der Waals surface area contributed by atoms with Crippen LogP contribution in [0.5, 0.6) is 0 Å². The summed E-state index contributed by atoms with van der Waals surface area (Å²) in [6.45, 7) is 9.90. The summed E-state index contributed by atoms with van der Waals surface area (Å²) in [5.41, 5.74) is -0.645. The highest BCUT2D eigenvalue weighted by molar-refractivity contribution is 5.89. The van der Waals surface area contributed by atoms with Gasteiger partial charge in [-0.2, -0.15) is 0 Å². The Bertz CT molecular complexity index is 275. The average molecular weight is 243 g/mol. The first-order chi connectivity index (χ1) is 7.74. The molecule has 0 atom stereocenters. The predicted molar refractivity (Wildman–Crippen MR) is 68.7 cm³/mol. The second-order valence-electron chi connectivity index (χ2n) is 4.92. The normalized spacial score (nSPS) is 11.5. The Morgan fingerprint density at radius 2 is 1.82 bits per heavy atom. The van der Waals surface area contributed by atoms with Crippen LogP contribution in [0.1, 0.15) is 34.6 Å². The van der Waals surface area contributed by atoms with Crippen LogP contribution in [0.25, 0.3) is 0 Å². The lowest BCUT2D eigenvalue weighted by Gasteiger charge is -2.30. The maximum absolute atomic E-state index is 12.1. The number of hydrogen-bond acceptors (Lipinski definition) is 3. The zero-order chi connectivity index (χ0) is 13.6. The topological polar surface area (TPSA) is 61.4 Å². The lowest BCUT2D eigenvalue weighted by Crippen LogP contribution is -2.55. The first kappa shape index (κ1) is 15.9. The number of carbonyl (C=O) groups is 2. The van der Waals surface area contributed by atoms with Gasteiger partial charge in [-0.1, -0.05) is 0 Å². The number of nitrogens with one attached hydrogen (secondary N) is 2. The lowest BCUT2D eigenvalue weighted by atomic mass is 10.0. The van der Waals surface area contributed by atoms with Crippen LogP contribution in [-0.2, 0) is 9.59 Å². The van der Waals surface area contributed by atoms with Gasteiger partial charge in [-0.25, -0.2) is 0 Å². The summed E-state index contributed by atoms with van der Waals surface area (Å²) >= 11 is 0. The van der Waals surface area contributed by atoms with Crippen LogP contribution in [0.4, 0.5) is 0 Å². The number of rotatable bonds is 6. The van der Waals surface area contributed by atoms with Crippen LogP contribution in [0, 0.1) is 0 Å². The molecular weight excluding hydrogens is 218 g/mol. The summed E-state index contributed by atoms with van der Waals surface area (Å²) in [7, 11) is 1.74. The molecule has 0 fully saturated rings. The van der Waals surface area contributed by atoms with Crippen LogP contribution in [-0.4, -0.2) is 48.4 Å². The van der Waals surface area contributed by atoms with Crippen LogP contribution < -0.4 is 10.6 Å². The van der Waals surface area contributed by atoms with E-state index in [0.717, 1.165) is 0 Å². The van der Waals surface area contributed by atoms with E-state index in [4.69, 9.17) is 0 Å². The van der Waals surface area contributed by atoms with E-state index >= 15 is 0 Å². The Kier molecular flexibility index (Phi) is 6.16. The summed E-state index contributed by atoms with van der Waals surface area (Å²) in [6.07, 6.45) is 0. The van der Waals surface area contributed by atoms with Crippen molar-refractivity contribution in [2.24, 2.45) is 0 Å². The molecule has 0 aliphatic rings. The van der Waals surface area contributed by atoms with E-state index in [1.165, 1.54) is 0 Å². The SMILES string of the molecule is CCN(CC(=O)NC(C)C)C(=O)C(C)(C)NC. The number of carbonyl (C=O) groups excluding carboxylic acids is 2. The van der Waals surface area contributed by atoms with E-state index in [1.54, 1.807) is 25.8 Å². The third-order valence-electron chi connectivity index (χ3n) is 2.61. The minimum Gasteiger partial charge on any atom is -0.352 e. The molecule has 0 unspecified atom stereocenters. The van der Waals surface area contributed by atoms with Crippen LogP contribution in [0.2, 0.25) is 0 Å². The van der Waals surface area contributed by atoms with E-state index in [2.05, 4.69) is 10.6 Å². The van der Waals surface area contributed by atoms with Gasteiger partial charge >= 0.3 is 0 Å². The van der Waals surface area contributed by atoms with Gasteiger partial charge in [0.05, 0.1) is 12.1 Å². The maximum Gasteiger partial charge on any atom is 0.242 e. The Morgan fingerprint density at radius 1 is 1.29 bits per heavy atom. The molecule has 0 saturated heterocycles. The molecule has 0 spiro atoms. The molecule has 2 amide bonds. The van der Waals surface area contributed by atoms with Crippen LogP contribution >= 0.6 is 0 Å². The molecule has 5 heteroatoms. The first-order valence-corrected chi connectivity index (χ1v) is 6.02. The lowest BCUT2D eigenvalue weighted by molar-refractivity contribution is -0.140. The molecule has 0 rings (SSSR count). The van der Waals surface area contributed by atoms with Gasteiger partial charge in [0.15, 0.2) is 0 Å². The maximum atomic E-state index is 12.1. The Morgan fingerprint density at radius 3 is 2.18 bits per heavy atom. The molecule has 0 heterocycles. The highest BCUT2D eigenvalue weighted by Gasteiger charge is 2.30. The van der Waals surface area contributed by atoms with E-state index in [0.29, 0.717) is 6.54 Å². The fourth-order valence-electron chi connectivity index (χ4n) is 1.37. The Balaban J connectivity index is 4.54. The average Bonchev–Trinajstić information content (AvgIpc) is 2.23. The number of likely N-dealkylation sites (N-methyl/N-ethyl adjacent to an activating group) is 2. The molecule has 17 heavy (non-hydrogen) atoms. The van der Waals surface area contributed by atoms with E-state index in [1.807, 2.05) is 20.8 Å². The highest BCUT2D eigenvalue weighted by atomic mass is 16.2. The van der Waals surface area contributed by atoms with Gasteiger partial charge in [-0.3, -0.25) is 9.59 Å². The van der Waals surface area contributed by atoms with Gasteiger partial charge in [0.1, 0.15) is 0 Å². The molecule has 0 aromatic carbocycles. The summed E-state index contributed by atoms with van der Waals surface area (Å²) in [5, 5.41) is 5.73. The molecule has 0 saturated carbocycles. The van der Waals surface area contributed by atoms with Crippen molar-refractivity contribution in [1.82, 2.24) is 15.5 Å². The fraction of sp³-hybridized carbons (Fsp3) is 0.833. The van der Waals surface area contributed by atoms with Crippen molar-refractivity contribution in [3.63, 3.8) is 0 Å². The van der Waals surface area contributed by atoms with Gasteiger partial charge < -0.3 is 15.5 Å². The molecule has 5 nitrogen and oxygen atoms in total. The summed E-state index contributed by atoms with van der Waals surface area (Å²) in [4.78, 5) is 25.3. The molecule has 0 aliphatic carbocycles. The van der Waals surface area contributed by atoms with Crippen molar-refractivity contribution in [2.45, 2.75) is 46.2 Å². The first-order valence-electron chi connectivity index (χ1n) is 6.02. The zero-order valence-corrected chi connectivity index (χ0v) is 11.8. The van der Waals surface area contributed by atoms with Gasteiger partial charge in [0.25, 0.3) is 0 Å². The van der Waals surface area contributed by atoms with Crippen molar-refractivity contribution in [3.05, 3.63) is 0 Å². The van der Waals surface area contributed by atoms with Crippen molar-refractivity contribution >= 4 is 11.8 Å². The molecule has 0 aliphatic heterocycles. The zero-order valence-electron chi connectivity index (χ0n) is 11.8. The number of hydrogen-bond donors (Lipinski definition) is 2. The molecule has 0 radical (unpaired) electrons. The summed E-state index contributed by atoms with van der Waals surface area (Å²) in [6, 6.07) is 0.0913. The van der Waals surface area contributed by atoms with Gasteiger partial charge in [-0.15, -0.1) is 0 Å². The minimum atomic E-state index is -0.645. The van der Waals surface area contributed by atoms with Gasteiger partial charge in [0.2, 0.25) is 11.8 Å². The molecule has 100 valence electrons. The van der Waals surface area contributed by atoms with Crippen molar-refractivity contribution in [1.29, 1.82) is 0 Å². The fourth-order valence-corrected chi connectivity index (χ4v) is 1.37. The second kappa shape index (κ2) is 6.59. The predicted octanol–water partition coefficient (Wildman–Crippen LogP) is 0.358. The summed E-state index contributed by atoms with van der Waals surface area (Å²) in [5.74, 6) is -0.191. The summed E-state index contributed by atoms with van der Waals surface area (Å²) < 4.78 is 0. The van der Waals surface area contributed by atoms with Crippen molar-refractivity contribution in [3.8, 4) is 0 Å². The van der Waals surface area contributed by atoms with Crippen molar-refractivity contribution in [2.75, 3.05) is 20.1 Å². The van der Waals surface area contributed by atoms with E-state index in [-0.39, 0.29) is 24.4 Å². The molecular formula is C12H25N3O2. The van der Waals surface area contributed by atoms with Crippen LogP contribution in [0.3, 0.4) is 0 Å². The van der Waals surface area contributed by atoms with E-state index in [9.17, 15) is 9.59 Å². The molecule has 2 N–H and O–H groups in total. The Labute approximate surface area is 104 Å². The largest absolute Gasteiger partial charge is 0.352 e.